The fraction of sp³-hybridized carbons (Fsp3) is 0.522. The summed E-state index contributed by atoms with van der Waals surface area (Å²) in [5.41, 5.74) is 1.42. The molecule has 1 aromatic carbocycles. The number of esters is 1. The van der Waals surface area contributed by atoms with Gasteiger partial charge in [0.25, 0.3) is 0 Å². The number of piperazine rings is 1. The van der Waals surface area contributed by atoms with Gasteiger partial charge in [-0.05, 0) is 67.9 Å². The number of nitrogens with zero attached hydrogens (tertiary/aromatic N) is 3. The van der Waals surface area contributed by atoms with Crippen molar-refractivity contribution in [1.29, 1.82) is 0 Å². The van der Waals surface area contributed by atoms with Crippen LogP contribution in [0.2, 0.25) is 0 Å². The molecule has 0 aliphatic carbocycles. The van der Waals surface area contributed by atoms with Crippen LogP contribution in [0.1, 0.15) is 51.3 Å². The van der Waals surface area contributed by atoms with Crippen molar-refractivity contribution in [2.24, 2.45) is 0 Å². The van der Waals surface area contributed by atoms with Crippen molar-refractivity contribution in [3.63, 3.8) is 0 Å². The molecule has 1 aromatic heterocycles. The predicted molar refractivity (Wildman–Crippen MR) is 130 cm³/mol. The number of H-pyrrole nitrogens is 1. The number of anilines is 1. The van der Waals surface area contributed by atoms with Gasteiger partial charge in [-0.3, -0.25) is 5.10 Å². The smallest absolute Gasteiger partial charge is 0.410 e. The van der Waals surface area contributed by atoms with Gasteiger partial charge in [-0.2, -0.15) is 5.10 Å². The molecule has 0 radical (unpaired) electrons. The van der Waals surface area contributed by atoms with E-state index in [0.717, 1.165) is 18.8 Å². The van der Waals surface area contributed by atoms with Gasteiger partial charge in [0.15, 0.2) is 5.69 Å². The van der Waals surface area contributed by atoms with Crippen LogP contribution in [0.3, 0.4) is 0 Å². The van der Waals surface area contributed by atoms with E-state index in [0.29, 0.717) is 29.0 Å². The second-order valence-corrected chi connectivity index (χ2v) is 9.12. The highest BCUT2D eigenvalue weighted by atomic mass is 79.9. The molecule has 1 fully saturated rings. The van der Waals surface area contributed by atoms with E-state index >= 15 is 0 Å². The molecule has 1 N–H and O–H groups in total. The second-order valence-electron chi connectivity index (χ2n) is 8.32. The van der Waals surface area contributed by atoms with Gasteiger partial charge in [0.05, 0.1) is 16.8 Å². The maximum absolute atomic E-state index is 12.2. The van der Waals surface area contributed by atoms with E-state index in [4.69, 9.17) is 14.2 Å². The number of carbonyl (C=O) groups excluding carboxylic acids is 2. The van der Waals surface area contributed by atoms with E-state index in [1.54, 1.807) is 11.8 Å². The van der Waals surface area contributed by atoms with Crippen LogP contribution in [-0.4, -0.2) is 65.5 Å². The van der Waals surface area contributed by atoms with E-state index in [1.165, 1.54) is 0 Å². The van der Waals surface area contributed by atoms with Crippen molar-refractivity contribution < 1.29 is 23.8 Å². The van der Waals surface area contributed by atoms with Crippen LogP contribution < -0.4 is 9.64 Å². The molecule has 0 saturated carbocycles. The summed E-state index contributed by atoms with van der Waals surface area (Å²) in [6.45, 7) is 10.6. The quantitative estimate of drug-likeness (QED) is 0.550. The molecule has 9 nitrogen and oxygen atoms in total. The molecular formula is C23H33BrN4O5. The number of hydrogen-bond acceptors (Lipinski definition) is 7. The Kier molecular flexibility index (Phi) is 9.16. The Balaban J connectivity index is 0.00000385. The fourth-order valence-corrected chi connectivity index (χ4v) is 3.63. The van der Waals surface area contributed by atoms with Crippen molar-refractivity contribution in [2.45, 2.75) is 47.3 Å². The minimum atomic E-state index is -0.490. The SMILES string of the molecule is C.CCOC(=O)c1n[nH]c(COc2ccc(N3CCN(C(=O)OC(C)(C)C)CC3)cc2)c1Br. The largest absolute Gasteiger partial charge is 0.487 e. The average molecular weight is 525 g/mol. The molecule has 0 bridgehead atoms. The molecule has 10 heteroatoms. The van der Waals surface area contributed by atoms with E-state index < -0.39 is 11.6 Å². The molecule has 2 heterocycles. The maximum atomic E-state index is 12.2. The molecule has 182 valence electrons. The first-order chi connectivity index (χ1) is 15.2. The first kappa shape index (κ1) is 26.5. The van der Waals surface area contributed by atoms with Gasteiger partial charge in [0.1, 0.15) is 18.0 Å². The van der Waals surface area contributed by atoms with Crippen LogP contribution in [-0.2, 0) is 16.1 Å². The zero-order chi connectivity index (χ0) is 23.3. The number of aromatic nitrogens is 2. The Bertz CT molecular complexity index is 931. The molecule has 1 aliphatic rings. The lowest BCUT2D eigenvalue weighted by molar-refractivity contribution is 0.0240. The van der Waals surface area contributed by atoms with E-state index in [1.807, 2.05) is 45.0 Å². The molecule has 2 aromatic rings. The third-order valence-corrected chi connectivity index (χ3v) is 5.61. The summed E-state index contributed by atoms with van der Waals surface area (Å²) in [7, 11) is 0. The first-order valence-corrected chi connectivity index (χ1v) is 11.3. The molecule has 1 amide bonds. The van der Waals surface area contributed by atoms with Gasteiger partial charge < -0.3 is 24.0 Å². The van der Waals surface area contributed by atoms with Crippen molar-refractivity contribution in [2.75, 3.05) is 37.7 Å². The molecule has 3 rings (SSSR count). The molecule has 0 spiro atoms. The lowest BCUT2D eigenvalue weighted by Gasteiger charge is -2.36. The van der Waals surface area contributed by atoms with Crippen molar-refractivity contribution in [3.05, 3.63) is 40.1 Å². The molecule has 1 aliphatic heterocycles. The Morgan fingerprint density at radius 2 is 1.76 bits per heavy atom. The number of hydrogen-bond donors (Lipinski definition) is 1. The Hall–Kier alpha value is -2.75. The molecule has 33 heavy (non-hydrogen) atoms. The first-order valence-electron chi connectivity index (χ1n) is 10.5. The fourth-order valence-electron chi connectivity index (χ4n) is 3.18. The van der Waals surface area contributed by atoms with Gasteiger partial charge in [0.2, 0.25) is 0 Å². The minimum Gasteiger partial charge on any atom is -0.487 e. The number of benzene rings is 1. The summed E-state index contributed by atoms with van der Waals surface area (Å²) in [5.74, 6) is 0.207. The summed E-state index contributed by atoms with van der Waals surface area (Å²) >= 11 is 3.37. The number of amides is 1. The second kappa shape index (κ2) is 11.4. The number of ether oxygens (including phenoxy) is 3. The van der Waals surface area contributed by atoms with Crippen molar-refractivity contribution in [3.8, 4) is 5.75 Å². The highest BCUT2D eigenvalue weighted by Crippen LogP contribution is 2.24. The summed E-state index contributed by atoms with van der Waals surface area (Å²) in [6.07, 6.45) is -0.267. The summed E-state index contributed by atoms with van der Waals surface area (Å²) < 4.78 is 16.8. The van der Waals surface area contributed by atoms with Gasteiger partial charge in [0, 0.05) is 31.9 Å². The number of nitrogens with one attached hydrogen (secondary N) is 1. The van der Waals surface area contributed by atoms with Crippen LogP contribution in [0.15, 0.2) is 28.7 Å². The van der Waals surface area contributed by atoms with Gasteiger partial charge in [-0.15, -0.1) is 0 Å². The summed E-state index contributed by atoms with van der Waals surface area (Å²) in [6, 6.07) is 7.77. The Morgan fingerprint density at radius 3 is 2.33 bits per heavy atom. The lowest BCUT2D eigenvalue weighted by Crippen LogP contribution is -2.50. The van der Waals surface area contributed by atoms with Crippen LogP contribution in [0.25, 0.3) is 0 Å². The van der Waals surface area contributed by atoms with Crippen LogP contribution >= 0.6 is 15.9 Å². The predicted octanol–water partition coefficient (Wildman–Crippen LogP) is 4.62. The monoisotopic (exact) mass is 524 g/mol. The number of aromatic amines is 1. The van der Waals surface area contributed by atoms with E-state index in [9.17, 15) is 9.59 Å². The highest BCUT2D eigenvalue weighted by Gasteiger charge is 2.26. The number of halogens is 1. The summed E-state index contributed by atoms with van der Waals surface area (Å²) in [4.78, 5) is 28.0. The van der Waals surface area contributed by atoms with E-state index in [2.05, 4.69) is 31.0 Å². The zero-order valence-electron chi connectivity index (χ0n) is 18.8. The zero-order valence-corrected chi connectivity index (χ0v) is 20.4. The molecular weight excluding hydrogens is 492 g/mol. The van der Waals surface area contributed by atoms with Gasteiger partial charge >= 0.3 is 12.1 Å². The van der Waals surface area contributed by atoms with Crippen molar-refractivity contribution >= 4 is 33.7 Å². The van der Waals surface area contributed by atoms with Gasteiger partial charge in [-0.1, -0.05) is 7.43 Å². The van der Waals surface area contributed by atoms with Crippen LogP contribution in [0.4, 0.5) is 10.5 Å². The summed E-state index contributed by atoms with van der Waals surface area (Å²) in [5, 5.41) is 6.79. The minimum absolute atomic E-state index is 0. The van der Waals surface area contributed by atoms with Crippen molar-refractivity contribution in [1.82, 2.24) is 15.1 Å². The Labute approximate surface area is 203 Å². The molecule has 0 atom stereocenters. The highest BCUT2D eigenvalue weighted by molar-refractivity contribution is 9.10. The maximum Gasteiger partial charge on any atom is 0.410 e. The van der Waals surface area contributed by atoms with Crippen LogP contribution in [0, 0.1) is 0 Å². The number of rotatable bonds is 6. The normalized spacial score (nSPS) is 13.8. The third-order valence-electron chi connectivity index (χ3n) is 4.76. The third kappa shape index (κ3) is 7.12. The Morgan fingerprint density at radius 1 is 1.12 bits per heavy atom. The molecule has 1 saturated heterocycles. The van der Waals surface area contributed by atoms with E-state index in [-0.39, 0.29) is 32.4 Å². The lowest BCUT2D eigenvalue weighted by atomic mass is 10.2. The number of carbonyl (C=O) groups is 2. The standard InChI is InChI=1S/C22H29BrN4O5.CH4/c1-5-30-20(28)19-18(23)17(24-25-19)14-31-16-8-6-15(7-9-16)26-10-12-27(13-11-26)21(29)32-22(2,3)4;/h6-9H,5,10-14H2,1-4H3,(H,24,25);1H4. The van der Waals surface area contributed by atoms with Gasteiger partial charge in [-0.25, -0.2) is 9.59 Å². The van der Waals surface area contributed by atoms with Crippen LogP contribution in [0.5, 0.6) is 5.75 Å². The molecule has 0 unspecified atom stereocenters. The average Bonchev–Trinajstić information content (AvgIpc) is 3.12. The topological polar surface area (TPSA) is 97.0 Å².